The molecule has 0 saturated carbocycles. The van der Waals surface area contributed by atoms with Crippen LogP contribution < -0.4 is 16.0 Å². The Balaban J connectivity index is 1.71. The van der Waals surface area contributed by atoms with Crippen LogP contribution in [0, 0.1) is 5.82 Å². The van der Waals surface area contributed by atoms with Crippen LogP contribution in [0.4, 0.5) is 15.8 Å². The molecule has 0 spiro atoms. The first kappa shape index (κ1) is 18.8. The summed E-state index contributed by atoms with van der Waals surface area (Å²) in [7, 11) is 0. The van der Waals surface area contributed by atoms with Gasteiger partial charge in [0.05, 0.1) is 11.4 Å². The molecule has 0 bridgehead atoms. The lowest BCUT2D eigenvalue weighted by molar-refractivity contribution is -0.124. The van der Waals surface area contributed by atoms with Crippen molar-refractivity contribution in [3.05, 3.63) is 58.9 Å². The first-order chi connectivity index (χ1) is 12.9. The molecule has 6 nitrogen and oxygen atoms in total. The van der Waals surface area contributed by atoms with Gasteiger partial charge in [-0.3, -0.25) is 14.9 Å². The molecule has 0 unspecified atom stereocenters. The zero-order chi connectivity index (χ0) is 19.4. The van der Waals surface area contributed by atoms with Crippen LogP contribution in [0.15, 0.2) is 47.5 Å². The Bertz CT molecular complexity index is 899. The number of carbonyl (C=O) groups excluding carboxylic acids is 2. The molecule has 3 rings (SSSR count). The maximum absolute atomic E-state index is 13.5. The average molecular weight is 389 g/mol. The van der Waals surface area contributed by atoms with Gasteiger partial charge < -0.3 is 10.6 Å². The number of carbonyl (C=O) groups is 2. The molecule has 1 aliphatic rings. The molecular weight excluding hydrogens is 371 g/mol. The van der Waals surface area contributed by atoms with Crippen LogP contribution in [0.1, 0.15) is 18.9 Å². The third kappa shape index (κ3) is 4.83. The molecule has 2 aromatic rings. The van der Waals surface area contributed by atoms with Crippen molar-refractivity contribution in [3.63, 3.8) is 0 Å². The van der Waals surface area contributed by atoms with E-state index in [-0.39, 0.29) is 29.0 Å². The molecule has 0 aliphatic carbocycles. The predicted octanol–water partition coefficient (Wildman–Crippen LogP) is 3.34. The molecule has 1 atom stereocenters. The Kier molecular flexibility index (Phi) is 5.71. The topological polar surface area (TPSA) is 82.6 Å². The molecule has 27 heavy (non-hydrogen) atoms. The molecule has 0 aromatic heterocycles. The number of hydrogen-bond donors (Lipinski definition) is 3. The van der Waals surface area contributed by atoms with Gasteiger partial charge in [0.25, 0.3) is 0 Å². The molecule has 0 saturated heterocycles. The summed E-state index contributed by atoms with van der Waals surface area (Å²) < 4.78 is 13.5. The van der Waals surface area contributed by atoms with Crippen molar-refractivity contribution >= 4 is 40.7 Å². The molecule has 1 aliphatic heterocycles. The number of hydrogen-bond acceptors (Lipinski definition) is 4. The van der Waals surface area contributed by atoms with Crippen LogP contribution >= 0.6 is 11.6 Å². The normalized spacial score (nSPS) is 16.3. The summed E-state index contributed by atoms with van der Waals surface area (Å²) >= 11 is 5.63. The second kappa shape index (κ2) is 8.18. The minimum Gasteiger partial charge on any atom is -0.326 e. The molecule has 0 radical (unpaired) electrons. The number of anilines is 2. The van der Waals surface area contributed by atoms with E-state index >= 15 is 0 Å². The summed E-state index contributed by atoms with van der Waals surface area (Å²) in [6, 6.07) is 10.7. The van der Waals surface area contributed by atoms with Gasteiger partial charge in [0.15, 0.2) is 0 Å². The van der Waals surface area contributed by atoms with Crippen LogP contribution in [0.3, 0.4) is 0 Å². The molecule has 2 aromatic carbocycles. The molecule has 2 amide bonds. The van der Waals surface area contributed by atoms with Gasteiger partial charge in [0.2, 0.25) is 17.8 Å². The Morgan fingerprint density at radius 3 is 2.63 bits per heavy atom. The lowest BCUT2D eigenvalue weighted by atomic mass is 10.1. The molecular formula is C19H18ClFN4O2. The fourth-order valence-electron chi connectivity index (χ4n) is 2.57. The summed E-state index contributed by atoms with van der Waals surface area (Å²) in [6.45, 7) is 2.06. The molecule has 140 valence electrons. The van der Waals surface area contributed by atoms with Crippen molar-refractivity contribution in [2.24, 2.45) is 4.99 Å². The largest absolute Gasteiger partial charge is 0.326 e. The number of aryl methyl sites for hydroxylation is 1. The van der Waals surface area contributed by atoms with Gasteiger partial charge in [0, 0.05) is 11.4 Å². The number of aliphatic imine (C=N–C) groups is 1. The van der Waals surface area contributed by atoms with E-state index in [4.69, 9.17) is 11.6 Å². The van der Waals surface area contributed by atoms with Crippen molar-refractivity contribution in [3.8, 4) is 0 Å². The first-order valence-electron chi connectivity index (χ1n) is 8.44. The number of nitrogens with zero attached hydrogens (tertiary/aromatic N) is 1. The summed E-state index contributed by atoms with van der Waals surface area (Å²) in [5, 5.41) is 8.10. The third-order valence-corrected chi connectivity index (χ3v) is 4.34. The van der Waals surface area contributed by atoms with Gasteiger partial charge in [-0.05, 0) is 42.3 Å². The Morgan fingerprint density at radius 1 is 1.26 bits per heavy atom. The maximum atomic E-state index is 13.5. The minimum atomic E-state index is -0.921. The summed E-state index contributed by atoms with van der Waals surface area (Å²) in [5.41, 5.74) is 2.17. The monoisotopic (exact) mass is 388 g/mol. The first-order valence-corrected chi connectivity index (χ1v) is 8.82. The second-order valence-corrected chi connectivity index (χ2v) is 6.45. The molecule has 1 heterocycles. The Morgan fingerprint density at radius 2 is 1.96 bits per heavy atom. The van der Waals surface area contributed by atoms with E-state index in [2.05, 4.69) is 27.9 Å². The van der Waals surface area contributed by atoms with E-state index in [1.165, 1.54) is 17.7 Å². The second-order valence-electron chi connectivity index (χ2n) is 6.04. The van der Waals surface area contributed by atoms with Gasteiger partial charge in [0.1, 0.15) is 11.9 Å². The van der Waals surface area contributed by atoms with E-state index in [9.17, 15) is 14.0 Å². The fraction of sp³-hybridized carbons (Fsp3) is 0.211. The highest BCUT2D eigenvalue weighted by molar-refractivity contribution is 6.30. The van der Waals surface area contributed by atoms with E-state index in [0.717, 1.165) is 18.2 Å². The van der Waals surface area contributed by atoms with E-state index < -0.39 is 17.8 Å². The van der Waals surface area contributed by atoms with Gasteiger partial charge in [-0.1, -0.05) is 30.7 Å². The quantitative estimate of drug-likeness (QED) is 0.751. The van der Waals surface area contributed by atoms with Gasteiger partial charge in [-0.2, -0.15) is 0 Å². The SMILES string of the molecule is CCc1ccc(NC2=N[C@@H](C(=O)Nc3ccc(Cl)c(F)c3)CC(=O)N2)cc1. The zero-order valence-electron chi connectivity index (χ0n) is 14.6. The van der Waals surface area contributed by atoms with Crippen LogP contribution in [0.25, 0.3) is 0 Å². The van der Waals surface area contributed by atoms with Crippen LogP contribution in [0.2, 0.25) is 5.02 Å². The Hall–Kier alpha value is -2.93. The summed E-state index contributed by atoms with van der Waals surface area (Å²) in [4.78, 5) is 28.6. The molecule has 3 N–H and O–H groups in total. The highest BCUT2D eigenvalue weighted by atomic mass is 35.5. The van der Waals surface area contributed by atoms with E-state index in [0.29, 0.717) is 0 Å². The fourth-order valence-corrected chi connectivity index (χ4v) is 2.68. The van der Waals surface area contributed by atoms with Crippen molar-refractivity contribution in [1.82, 2.24) is 5.32 Å². The standard InChI is InChI=1S/C19H18ClFN4O2/c1-2-11-3-5-12(6-4-11)23-19-24-16(10-17(26)25-19)18(27)22-13-7-8-14(20)15(21)9-13/h3-9,16H,2,10H2,1H3,(H,22,27)(H2,23,24,25,26)/t16-/m1/s1. The number of nitrogens with one attached hydrogen (secondary N) is 3. The minimum absolute atomic E-state index is 0.0383. The number of halogens is 2. The van der Waals surface area contributed by atoms with Crippen molar-refractivity contribution < 1.29 is 14.0 Å². The molecule has 8 heteroatoms. The Labute approximate surface area is 160 Å². The summed E-state index contributed by atoms with van der Waals surface area (Å²) in [6.07, 6.45) is 0.827. The number of benzene rings is 2. The van der Waals surface area contributed by atoms with Gasteiger partial charge in [-0.15, -0.1) is 0 Å². The lowest BCUT2D eigenvalue weighted by Gasteiger charge is -2.21. The van der Waals surface area contributed by atoms with Crippen LogP contribution in [0.5, 0.6) is 0 Å². The smallest absolute Gasteiger partial charge is 0.249 e. The van der Waals surface area contributed by atoms with Crippen molar-refractivity contribution in [2.45, 2.75) is 25.8 Å². The van der Waals surface area contributed by atoms with Crippen LogP contribution in [-0.2, 0) is 16.0 Å². The van der Waals surface area contributed by atoms with Gasteiger partial charge >= 0.3 is 0 Å². The van der Waals surface area contributed by atoms with Crippen molar-refractivity contribution in [1.29, 1.82) is 0 Å². The maximum Gasteiger partial charge on any atom is 0.249 e. The highest BCUT2D eigenvalue weighted by Gasteiger charge is 2.27. The van der Waals surface area contributed by atoms with E-state index in [1.54, 1.807) is 0 Å². The molecule has 0 fully saturated rings. The van der Waals surface area contributed by atoms with Crippen molar-refractivity contribution in [2.75, 3.05) is 10.6 Å². The van der Waals surface area contributed by atoms with Crippen LogP contribution in [-0.4, -0.2) is 23.8 Å². The number of amides is 2. The lowest BCUT2D eigenvalue weighted by Crippen LogP contribution is -2.45. The number of rotatable bonds is 4. The summed E-state index contributed by atoms with van der Waals surface area (Å²) in [5.74, 6) is -1.29. The third-order valence-electron chi connectivity index (χ3n) is 4.04. The average Bonchev–Trinajstić information content (AvgIpc) is 2.65. The van der Waals surface area contributed by atoms with Gasteiger partial charge in [-0.25, -0.2) is 9.38 Å². The van der Waals surface area contributed by atoms with E-state index in [1.807, 2.05) is 24.3 Å². The predicted molar refractivity (Wildman–Crippen MR) is 103 cm³/mol. The highest BCUT2D eigenvalue weighted by Crippen LogP contribution is 2.19. The number of guanidine groups is 1. The zero-order valence-corrected chi connectivity index (χ0v) is 15.3.